The van der Waals surface area contributed by atoms with E-state index < -0.39 is 0 Å². The molecule has 3 aromatic rings. The predicted molar refractivity (Wildman–Crippen MR) is 86.6 cm³/mol. The maximum absolute atomic E-state index is 12.7. The number of rotatable bonds is 3. The van der Waals surface area contributed by atoms with Crippen LogP contribution in [0.2, 0.25) is 0 Å². The third kappa shape index (κ3) is 2.41. The summed E-state index contributed by atoms with van der Waals surface area (Å²) in [5, 5.41) is 0. The van der Waals surface area contributed by atoms with Crippen LogP contribution in [0.3, 0.4) is 0 Å². The van der Waals surface area contributed by atoms with Crippen LogP contribution in [0.25, 0.3) is 11.0 Å². The van der Waals surface area contributed by atoms with Gasteiger partial charge in [0, 0.05) is 12.7 Å². The highest BCUT2D eigenvalue weighted by Crippen LogP contribution is 2.24. The Balaban J connectivity index is 1.97. The fourth-order valence-electron chi connectivity index (χ4n) is 2.45. The van der Waals surface area contributed by atoms with Gasteiger partial charge in [0.15, 0.2) is 0 Å². The zero-order chi connectivity index (χ0) is 15.7. The van der Waals surface area contributed by atoms with Crippen molar-refractivity contribution in [3.05, 3.63) is 53.9 Å². The molecule has 3 rings (SSSR count). The quantitative estimate of drug-likeness (QED) is 0.807. The number of fused-ring (bicyclic) bond motifs is 1. The van der Waals surface area contributed by atoms with Gasteiger partial charge in [-0.1, -0.05) is 12.1 Å². The number of anilines is 1. The van der Waals surface area contributed by atoms with Crippen molar-refractivity contribution in [1.82, 2.24) is 9.97 Å². The fraction of sp³-hybridized carbons (Fsp3) is 0.176. The van der Waals surface area contributed by atoms with Crippen LogP contribution in [0, 0.1) is 6.92 Å². The molecule has 1 N–H and O–H groups in total. The molecule has 5 heteroatoms. The summed E-state index contributed by atoms with van der Waals surface area (Å²) in [7, 11) is 3.31. The van der Waals surface area contributed by atoms with Gasteiger partial charge in [0.1, 0.15) is 11.6 Å². The minimum atomic E-state index is -0.118. The molecule has 1 amide bonds. The lowest BCUT2D eigenvalue weighted by Gasteiger charge is -2.18. The molecule has 0 aliphatic heterocycles. The summed E-state index contributed by atoms with van der Waals surface area (Å²) < 4.78 is 5.26. The van der Waals surface area contributed by atoms with E-state index in [9.17, 15) is 4.79 Å². The predicted octanol–water partition coefficient (Wildman–Crippen LogP) is 3.16. The summed E-state index contributed by atoms with van der Waals surface area (Å²) in [6.07, 6.45) is 0. The number of H-pyrrole nitrogens is 1. The molecule has 0 saturated heterocycles. The number of nitrogens with one attached hydrogen (secondary N) is 1. The van der Waals surface area contributed by atoms with Crippen LogP contribution in [-0.4, -0.2) is 30.0 Å². The standard InChI is InChI=1S/C17H17N3O2/c1-11-18-14-9-8-12(10-15(14)19-11)20(2)17(21)13-6-4-5-7-16(13)22-3/h4-10H,1-3H3,(H,18,19). The highest BCUT2D eigenvalue weighted by atomic mass is 16.5. The van der Waals surface area contributed by atoms with Gasteiger partial charge in [0.2, 0.25) is 0 Å². The number of aryl methyl sites for hydroxylation is 1. The Morgan fingerprint density at radius 1 is 1.23 bits per heavy atom. The first-order chi connectivity index (χ1) is 10.6. The van der Waals surface area contributed by atoms with Crippen LogP contribution in [0.4, 0.5) is 5.69 Å². The number of hydrogen-bond donors (Lipinski definition) is 1. The van der Waals surface area contributed by atoms with Gasteiger partial charge in [0.25, 0.3) is 5.91 Å². The number of ether oxygens (including phenoxy) is 1. The number of hydrogen-bond acceptors (Lipinski definition) is 3. The fourth-order valence-corrected chi connectivity index (χ4v) is 2.45. The lowest BCUT2D eigenvalue weighted by molar-refractivity contribution is 0.0990. The Labute approximate surface area is 128 Å². The van der Waals surface area contributed by atoms with E-state index in [1.807, 2.05) is 37.3 Å². The monoisotopic (exact) mass is 295 g/mol. The molecule has 0 bridgehead atoms. The van der Waals surface area contributed by atoms with E-state index in [0.29, 0.717) is 11.3 Å². The minimum Gasteiger partial charge on any atom is -0.496 e. The van der Waals surface area contributed by atoms with Crippen molar-refractivity contribution in [2.75, 3.05) is 19.1 Å². The van der Waals surface area contributed by atoms with Crippen molar-refractivity contribution in [3.63, 3.8) is 0 Å². The molecule has 0 saturated carbocycles. The normalized spacial score (nSPS) is 10.7. The smallest absolute Gasteiger partial charge is 0.261 e. The second kappa shape index (κ2) is 5.52. The third-order valence-corrected chi connectivity index (χ3v) is 3.61. The van der Waals surface area contributed by atoms with Crippen LogP contribution in [-0.2, 0) is 0 Å². The van der Waals surface area contributed by atoms with Gasteiger partial charge < -0.3 is 14.6 Å². The van der Waals surface area contributed by atoms with Gasteiger partial charge >= 0.3 is 0 Å². The van der Waals surface area contributed by atoms with Crippen LogP contribution >= 0.6 is 0 Å². The molecule has 1 aromatic heterocycles. The van der Waals surface area contributed by atoms with Gasteiger partial charge in [-0.15, -0.1) is 0 Å². The molecule has 112 valence electrons. The summed E-state index contributed by atoms with van der Waals surface area (Å²) in [6.45, 7) is 1.91. The maximum atomic E-state index is 12.7. The average Bonchev–Trinajstić information content (AvgIpc) is 2.92. The number of para-hydroxylation sites is 1. The molecule has 2 aromatic carbocycles. The summed E-state index contributed by atoms with van der Waals surface area (Å²) in [5.41, 5.74) is 3.13. The Morgan fingerprint density at radius 3 is 2.77 bits per heavy atom. The van der Waals surface area contributed by atoms with Gasteiger partial charge in [-0.2, -0.15) is 0 Å². The first-order valence-electron chi connectivity index (χ1n) is 6.97. The maximum Gasteiger partial charge on any atom is 0.261 e. The van der Waals surface area contributed by atoms with E-state index in [1.165, 1.54) is 0 Å². The summed E-state index contributed by atoms with van der Waals surface area (Å²) in [4.78, 5) is 21.8. The lowest BCUT2D eigenvalue weighted by atomic mass is 10.1. The topological polar surface area (TPSA) is 58.2 Å². The van der Waals surface area contributed by atoms with Gasteiger partial charge in [-0.25, -0.2) is 4.98 Å². The van der Waals surface area contributed by atoms with Gasteiger partial charge in [-0.05, 0) is 37.3 Å². The Morgan fingerprint density at radius 2 is 2.00 bits per heavy atom. The van der Waals surface area contributed by atoms with Crippen molar-refractivity contribution in [2.24, 2.45) is 0 Å². The molecule has 0 unspecified atom stereocenters. The molecule has 0 fully saturated rings. The number of imidazole rings is 1. The molecule has 0 aliphatic rings. The molecule has 22 heavy (non-hydrogen) atoms. The third-order valence-electron chi connectivity index (χ3n) is 3.61. The van der Waals surface area contributed by atoms with E-state index >= 15 is 0 Å². The van der Waals surface area contributed by atoms with Gasteiger partial charge in [0.05, 0.1) is 23.7 Å². The zero-order valence-corrected chi connectivity index (χ0v) is 12.8. The summed E-state index contributed by atoms with van der Waals surface area (Å²) >= 11 is 0. The number of methoxy groups -OCH3 is 1. The number of nitrogens with zero attached hydrogens (tertiary/aromatic N) is 2. The molecule has 0 aliphatic carbocycles. The average molecular weight is 295 g/mol. The molecule has 0 spiro atoms. The van der Waals surface area contributed by atoms with Crippen molar-refractivity contribution in [3.8, 4) is 5.75 Å². The van der Waals surface area contributed by atoms with Crippen LogP contribution < -0.4 is 9.64 Å². The molecule has 1 heterocycles. The van der Waals surface area contributed by atoms with E-state index in [1.54, 1.807) is 31.2 Å². The van der Waals surface area contributed by atoms with Crippen LogP contribution in [0.5, 0.6) is 5.75 Å². The Hall–Kier alpha value is -2.82. The minimum absolute atomic E-state index is 0.118. The first-order valence-corrected chi connectivity index (χ1v) is 6.97. The highest BCUT2D eigenvalue weighted by molar-refractivity contribution is 6.08. The molecular formula is C17H17N3O2. The second-order valence-corrected chi connectivity index (χ2v) is 5.09. The largest absolute Gasteiger partial charge is 0.496 e. The van der Waals surface area contributed by atoms with Crippen LogP contribution in [0.15, 0.2) is 42.5 Å². The summed E-state index contributed by atoms with van der Waals surface area (Å²) in [6, 6.07) is 12.9. The number of amides is 1. The Kier molecular flexibility index (Phi) is 3.55. The molecule has 0 atom stereocenters. The van der Waals surface area contributed by atoms with E-state index in [0.717, 1.165) is 22.5 Å². The lowest BCUT2D eigenvalue weighted by Crippen LogP contribution is -2.26. The van der Waals surface area contributed by atoms with Gasteiger partial charge in [-0.3, -0.25) is 4.79 Å². The first kappa shape index (κ1) is 14.1. The SMILES string of the molecule is COc1ccccc1C(=O)N(C)c1ccc2nc(C)[nH]c2c1. The van der Waals surface area contributed by atoms with E-state index in [2.05, 4.69) is 9.97 Å². The number of carbonyl (C=O) groups is 1. The van der Waals surface area contributed by atoms with E-state index in [-0.39, 0.29) is 5.91 Å². The number of aromatic nitrogens is 2. The Bertz CT molecular complexity index is 839. The van der Waals surface area contributed by atoms with Crippen molar-refractivity contribution >= 4 is 22.6 Å². The number of carbonyl (C=O) groups excluding carboxylic acids is 1. The second-order valence-electron chi connectivity index (χ2n) is 5.09. The summed E-state index contributed by atoms with van der Waals surface area (Å²) in [5.74, 6) is 1.30. The number of aromatic amines is 1. The zero-order valence-electron chi connectivity index (χ0n) is 12.8. The van der Waals surface area contributed by atoms with Crippen molar-refractivity contribution in [1.29, 1.82) is 0 Å². The van der Waals surface area contributed by atoms with E-state index in [4.69, 9.17) is 4.74 Å². The van der Waals surface area contributed by atoms with Crippen molar-refractivity contribution < 1.29 is 9.53 Å². The molecular weight excluding hydrogens is 278 g/mol. The highest BCUT2D eigenvalue weighted by Gasteiger charge is 2.18. The van der Waals surface area contributed by atoms with Crippen LogP contribution in [0.1, 0.15) is 16.2 Å². The molecule has 5 nitrogen and oxygen atoms in total. The number of benzene rings is 2. The van der Waals surface area contributed by atoms with Crippen molar-refractivity contribution in [2.45, 2.75) is 6.92 Å². The molecule has 0 radical (unpaired) electrons.